The summed E-state index contributed by atoms with van der Waals surface area (Å²) >= 11 is 0. The lowest BCUT2D eigenvalue weighted by molar-refractivity contribution is 0.0450. The third-order valence-electron chi connectivity index (χ3n) is 3.10. The number of benzene rings is 2. The van der Waals surface area contributed by atoms with Gasteiger partial charge in [-0.25, -0.2) is 9.18 Å². The number of fused-ring (bicyclic) bond motifs is 1. The fourth-order valence-electron chi connectivity index (χ4n) is 2.00. The zero-order valence-electron chi connectivity index (χ0n) is 12.1. The van der Waals surface area contributed by atoms with Crippen molar-refractivity contribution in [2.75, 3.05) is 13.2 Å². The molecule has 0 aliphatic carbocycles. The zero-order chi connectivity index (χ0) is 16.1. The van der Waals surface area contributed by atoms with Gasteiger partial charge in [0.25, 0.3) is 0 Å². The Morgan fingerprint density at radius 2 is 1.70 bits per heavy atom. The van der Waals surface area contributed by atoms with Crippen molar-refractivity contribution in [3.8, 4) is 5.75 Å². The first-order valence-corrected chi connectivity index (χ1v) is 6.99. The molecule has 0 bridgehead atoms. The van der Waals surface area contributed by atoms with Crippen molar-refractivity contribution in [1.29, 1.82) is 0 Å². The van der Waals surface area contributed by atoms with Crippen molar-refractivity contribution in [2.45, 2.75) is 0 Å². The minimum absolute atomic E-state index is 0.0920. The largest absolute Gasteiger partial charge is 0.490 e. The van der Waals surface area contributed by atoms with E-state index in [9.17, 15) is 9.18 Å². The summed E-state index contributed by atoms with van der Waals surface area (Å²) in [5.41, 5.74) is 1.74. The Hall–Kier alpha value is -3.02. The molecule has 0 amide bonds. The predicted octanol–water partition coefficient (Wildman–Crippen LogP) is 3.00. The minimum atomic E-state index is -0.458. The molecule has 0 aliphatic heterocycles. The van der Waals surface area contributed by atoms with Crippen molar-refractivity contribution in [3.63, 3.8) is 0 Å². The van der Waals surface area contributed by atoms with E-state index in [1.54, 1.807) is 30.6 Å². The van der Waals surface area contributed by atoms with Gasteiger partial charge in [0.2, 0.25) is 0 Å². The minimum Gasteiger partial charge on any atom is -0.490 e. The number of aromatic nitrogens is 2. The molecule has 116 valence electrons. The third-order valence-corrected chi connectivity index (χ3v) is 3.10. The Balaban J connectivity index is 1.53. The van der Waals surface area contributed by atoms with Gasteiger partial charge in [-0.15, -0.1) is 0 Å². The number of esters is 1. The van der Waals surface area contributed by atoms with E-state index in [2.05, 4.69) is 9.97 Å². The number of hydrogen-bond acceptors (Lipinski definition) is 5. The van der Waals surface area contributed by atoms with Gasteiger partial charge in [0.05, 0.1) is 16.6 Å². The van der Waals surface area contributed by atoms with E-state index in [1.165, 1.54) is 24.3 Å². The molecule has 3 rings (SSSR count). The first kappa shape index (κ1) is 14.9. The Morgan fingerprint density at radius 3 is 2.48 bits per heavy atom. The molecule has 0 radical (unpaired) electrons. The summed E-state index contributed by atoms with van der Waals surface area (Å²) in [6, 6.07) is 10.6. The normalized spacial score (nSPS) is 10.5. The van der Waals surface area contributed by atoms with Crippen molar-refractivity contribution in [2.24, 2.45) is 0 Å². The average Bonchev–Trinajstić information content (AvgIpc) is 2.59. The molecule has 1 aromatic heterocycles. The van der Waals surface area contributed by atoms with Crippen LogP contribution >= 0.6 is 0 Å². The van der Waals surface area contributed by atoms with Gasteiger partial charge in [0.15, 0.2) is 0 Å². The van der Waals surface area contributed by atoms with E-state index in [-0.39, 0.29) is 19.0 Å². The standard InChI is InChI=1S/C17H13FN2O3/c18-13-2-4-14(5-3-13)22-9-10-23-17(21)12-1-6-15-16(11-12)20-8-7-19-15/h1-8,11H,9-10H2. The van der Waals surface area contributed by atoms with Crippen LogP contribution in [-0.4, -0.2) is 29.2 Å². The number of nitrogens with zero attached hydrogens (tertiary/aromatic N) is 2. The van der Waals surface area contributed by atoms with Crippen LogP contribution in [0.2, 0.25) is 0 Å². The maximum atomic E-state index is 12.7. The van der Waals surface area contributed by atoms with Crippen LogP contribution < -0.4 is 4.74 Å². The quantitative estimate of drug-likeness (QED) is 0.535. The van der Waals surface area contributed by atoms with Crippen LogP contribution in [0.15, 0.2) is 54.9 Å². The molecule has 0 N–H and O–H groups in total. The first-order chi connectivity index (χ1) is 11.2. The van der Waals surface area contributed by atoms with Crippen molar-refractivity contribution in [1.82, 2.24) is 9.97 Å². The zero-order valence-corrected chi connectivity index (χ0v) is 12.1. The monoisotopic (exact) mass is 312 g/mol. The van der Waals surface area contributed by atoms with Gasteiger partial charge in [-0.3, -0.25) is 9.97 Å². The van der Waals surface area contributed by atoms with E-state index in [0.29, 0.717) is 22.3 Å². The second kappa shape index (κ2) is 6.83. The number of carbonyl (C=O) groups excluding carboxylic acids is 1. The lowest BCUT2D eigenvalue weighted by Crippen LogP contribution is -2.12. The first-order valence-electron chi connectivity index (χ1n) is 6.99. The molecule has 0 saturated heterocycles. The molecule has 5 nitrogen and oxygen atoms in total. The van der Waals surface area contributed by atoms with E-state index >= 15 is 0 Å². The van der Waals surface area contributed by atoms with Gasteiger partial charge >= 0.3 is 5.97 Å². The van der Waals surface area contributed by atoms with Gasteiger partial charge in [-0.05, 0) is 42.5 Å². The summed E-state index contributed by atoms with van der Waals surface area (Å²) in [4.78, 5) is 20.2. The summed E-state index contributed by atoms with van der Waals surface area (Å²) in [5, 5.41) is 0. The van der Waals surface area contributed by atoms with Crippen LogP contribution in [0.25, 0.3) is 11.0 Å². The van der Waals surface area contributed by atoms with E-state index in [4.69, 9.17) is 9.47 Å². The molecule has 0 fully saturated rings. The number of ether oxygens (including phenoxy) is 2. The molecule has 0 spiro atoms. The van der Waals surface area contributed by atoms with Crippen molar-refractivity contribution in [3.05, 3.63) is 66.2 Å². The summed E-state index contributed by atoms with van der Waals surface area (Å²) < 4.78 is 23.2. The highest BCUT2D eigenvalue weighted by atomic mass is 19.1. The molecular weight excluding hydrogens is 299 g/mol. The molecule has 1 heterocycles. The van der Waals surface area contributed by atoms with Crippen LogP contribution in [0.4, 0.5) is 4.39 Å². The molecule has 0 aliphatic rings. The molecule has 6 heteroatoms. The summed E-state index contributed by atoms with van der Waals surface area (Å²) in [5.74, 6) is -0.271. The van der Waals surface area contributed by atoms with Crippen LogP contribution in [0.5, 0.6) is 5.75 Å². The smallest absolute Gasteiger partial charge is 0.338 e. The number of rotatable bonds is 5. The average molecular weight is 312 g/mol. The molecule has 2 aromatic carbocycles. The van der Waals surface area contributed by atoms with Gasteiger partial charge in [-0.2, -0.15) is 0 Å². The highest BCUT2D eigenvalue weighted by Gasteiger charge is 2.08. The van der Waals surface area contributed by atoms with E-state index < -0.39 is 5.97 Å². The second-order valence-electron chi connectivity index (χ2n) is 4.70. The Labute approximate surface area is 131 Å². The van der Waals surface area contributed by atoms with Crippen molar-refractivity contribution >= 4 is 17.0 Å². The summed E-state index contributed by atoms with van der Waals surface area (Å²) in [7, 11) is 0. The van der Waals surface area contributed by atoms with Crippen LogP contribution in [0, 0.1) is 5.82 Å². The van der Waals surface area contributed by atoms with Crippen molar-refractivity contribution < 1.29 is 18.7 Å². The number of carbonyl (C=O) groups is 1. The van der Waals surface area contributed by atoms with E-state index in [0.717, 1.165) is 0 Å². The van der Waals surface area contributed by atoms with Gasteiger partial charge in [0, 0.05) is 12.4 Å². The lowest BCUT2D eigenvalue weighted by Gasteiger charge is -2.07. The predicted molar refractivity (Wildman–Crippen MR) is 81.7 cm³/mol. The molecule has 0 saturated carbocycles. The van der Waals surface area contributed by atoms with E-state index in [1.807, 2.05) is 0 Å². The fourth-order valence-corrected chi connectivity index (χ4v) is 2.00. The lowest BCUT2D eigenvalue weighted by atomic mass is 10.2. The molecular formula is C17H13FN2O3. The highest BCUT2D eigenvalue weighted by Crippen LogP contribution is 2.13. The Bertz CT molecular complexity index is 821. The van der Waals surface area contributed by atoms with Crippen LogP contribution in [0.1, 0.15) is 10.4 Å². The van der Waals surface area contributed by atoms with Gasteiger partial charge in [0.1, 0.15) is 24.8 Å². The SMILES string of the molecule is O=C(OCCOc1ccc(F)cc1)c1ccc2nccnc2c1. The molecule has 23 heavy (non-hydrogen) atoms. The maximum absolute atomic E-state index is 12.7. The Kier molecular flexibility index (Phi) is 4.42. The maximum Gasteiger partial charge on any atom is 0.338 e. The fraction of sp³-hybridized carbons (Fsp3) is 0.118. The summed E-state index contributed by atoms with van der Waals surface area (Å²) in [6.45, 7) is 0.277. The Morgan fingerprint density at radius 1 is 0.957 bits per heavy atom. The summed E-state index contributed by atoms with van der Waals surface area (Å²) in [6.07, 6.45) is 3.15. The highest BCUT2D eigenvalue weighted by molar-refractivity contribution is 5.93. The number of halogens is 1. The van der Waals surface area contributed by atoms with Crippen LogP contribution in [0.3, 0.4) is 0 Å². The van der Waals surface area contributed by atoms with Gasteiger partial charge in [-0.1, -0.05) is 0 Å². The molecule has 0 atom stereocenters. The van der Waals surface area contributed by atoms with Gasteiger partial charge < -0.3 is 9.47 Å². The second-order valence-corrected chi connectivity index (χ2v) is 4.70. The number of hydrogen-bond donors (Lipinski definition) is 0. The topological polar surface area (TPSA) is 61.3 Å². The van der Waals surface area contributed by atoms with Crippen LogP contribution in [-0.2, 0) is 4.74 Å². The third kappa shape index (κ3) is 3.79. The molecule has 0 unspecified atom stereocenters. The molecule has 3 aromatic rings.